The molecule has 0 aliphatic heterocycles. The van der Waals surface area contributed by atoms with Crippen LogP contribution in [0.25, 0.3) is 23.1 Å². The lowest BCUT2D eigenvalue weighted by atomic mass is 10.2. The van der Waals surface area contributed by atoms with Gasteiger partial charge in [0, 0.05) is 0 Å². The summed E-state index contributed by atoms with van der Waals surface area (Å²) in [4.78, 5) is 8.17. The predicted molar refractivity (Wildman–Crippen MR) is 56.9 cm³/mol. The molecule has 3 rings (SSSR count). The Balaban J connectivity index is 2.03. The molecule has 0 bridgehead atoms. The van der Waals surface area contributed by atoms with E-state index >= 15 is 0 Å². The lowest BCUT2D eigenvalue weighted by molar-refractivity contribution is 0.430. The van der Waals surface area contributed by atoms with Crippen LogP contribution in [0.5, 0.6) is 0 Å². The molecule has 0 spiro atoms. The Labute approximate surface area is 95.9 Å². The summed E-state index contributed by atoms with van der Waals surface area (Å²) in [5.74, 6) is 2.80. The van der Waals surface area contributed by atoms with Crippen molar-refractivity contribution in [2.45, 2.75) is 13.8 Å². The van der Waals surface area contributed by atoms with Crippen LogP contribution in [0.3, 0.4) is 0 Å². The highest BCUT2D eigenvalue weighted by Crippen LogP contribution is 2.26. The second kappa shape index (κ2) is 3.55. The Kier molecular flexibility index (Phi) is 2.04. The molecule has 0 aliphatic carbocycles. The Morgan fingerprint density at radius 3 is 2.82 bits per heavy atom. The molecule has 17 heavy (non-hydrogen) atoms. The Morgan fingerprint density at radius 1 is 1.29 bits per heavy atom. The second-order valence-corrected chi connectivity index (χ2v) is 3.58. The van der Waals surface area contributed by atoms with Gasteiger partial charge >= 0.3 is 0 Å². The number of rotatable bonds is 2. The van der Waals surface area contributed by atoms with Crippen LogP contribution in [0.15, 0.2) is 21.3 Å². The molecular weight excluding hydrogens is 222 g/mol. The molecule has 3 aromatic heterocycles. The van der Waals surface area contributed by atoms with Gasteiger partial charge in [0.25, 0.3) is 5.89 Å². The van der Waals surface area contributed by atoms with E-state index in [1.165, 1.54) is 6.33 Å². The number of aromatic amines is 1. The normalized spacial score (nSPS) is 10.9. The first-order valence-corrected chi connectivity index (χ1v) is 5.01. The molecule has 0 saturated carbocycles. The number of H-pyrrole nitrogens is 1. The van der Waals surface area contributed by atoms with Crippen LogP contribution in [0.2, 0.25) is 0 Å². The largest absolute Gasteiger partial charge is 0.466 e. The average molecular weight is 231 g/mol. The third-order valence-electron chi connectivity index (χ3n) is 2.32. The summed E-state index contributed by atoms with van der Waals surface area (Å²) in [5.41, 5.74) is 0.792. The summed E-state index contributed by atoms with van der Waals surface area (Å²) in [6.45, 7) is 3.71. The van der Waals surface area contributed by atoms with Gasteiger partial charge in [0.05, 0.1) is 5.56 Å². The van der Waals surface area contributed by atoms with E-state index in [-0.39, 0.29) is 0 Å². The molecule has 0 saturated heterocycles. The monoisotopic (exact) mass is 231 g/mol. The molecule has 3 aromatic rings. The number of nitrogens with one attached hydrogen (secondary N) is 1. The molecular formula is C10H9N5O2. The highest BCUT2D eigenvalue weighted by Gasteiger charge is 2.16. The molecule has 7 nitrogen and oxygen atoms in total. The maximum atomic E-state index is 5.41. The van der Waals surface area contributed by atoms with E-state index < -0.39 is 0 Å². The Bertz CT molecular complexity index is 638. The third kappa shape index (κ3) is 1.61. The van der Waals surface area contributed by atoms with Crippen molar-refractivity contribution in [2.24, 2.45) is 0 Å². The van der Waals surface area contributed by atoms with E-state index in [9.17, 15) is 0 Å². The lowest BCUT2D eigenvalue weighted by Crippen LogP contribution is -1.83. The molecule has 3 heterocycles. The van der Waals surface area contributed by atoms with Crippen molar-refractivity contribution >= 4 is 0 Å². The van der Waals surface area contributed by atoms with Crippen LogP contribution in [0, 0.1) is 13.8 Å². The zero-order chi connectivity index (χ0) is 11.8. The number of furan rings is 1. The summed E-state index contributed by atoms with van der Waals surface area (Å²) < 4.78 is 10.6. The van der Waals surface area contributed by atoms with Crippen molar-refractivity contribution in [3.05, 3.63) is 23.9 Å². The van der Waals surface area contributed by atoms with Gasteiger partial charge < -0.3 is 8.94 Å². The number of hydrogen-bond donors (Lipinski definition) is 1. The molecule has 7 heteroatoms. The average Bonchev–Trinajstić information content (AvgIpc) is 2.97. The molecule has 1 N–H and O–H groups in total. The van der Waals surface area contributed by atoms with Crippen molar-refractivity contribution in [3.63, 3.8) is 0 Å². The zero-order valence-electron chi connectivity index (χ0n) is 9.26. The van der Waals surface area contributed by atoms with Crippen LogP contribution in [0.1, 0.15) is 11.5 Å². The fraction of sp³-hybridized carbons (Fsp3) is 0.200. The first-order chi connectivity index (χ1) is 8.24. The van der Waals surface area contributed by atoms with E-state index in [4.69, 9.17) is 8.94 Å². The fourth-order valence-corrected chi connectivity index (χ4v) is 1.59. The summed E-state index contributed by atoms with van der Waals surface area (Å²) in [5, 5.41) is 10.2. The third-order valence-corrected chi connectivity index (χ3v) is 2.32. The number of aryl methyl sites for hydroxylation is 2. The van der Waals surface area contributed by atoms with Gasteiger partial charge in [0.1, 0.15) is 17.8 Å². The molecule has 0 atom stereocenters. The maximum Gasteiger partial charge on any atom is 0.261 e. The van der Waals surface area contributed by atoms with E-state index in [1.807, 2.05) is 19.9 Å². The lowest BCUT2D eigenvalue weighted by Gasteiger charge is -1.87. The second-order valence-electron chi connectivity index (χ2n) is 3.58. The van der Waals surface area contributed by atoms with Crippen LogP contribution >= 0.6 is 0 Å². The van der Waals surface area contributed by atoms with Crippen LogP contribution in [-0.2, 0) is 0 Å². The van der Waals surface area contributed by atoms with Gasteiger partial charge in [-0.1, -0.05) is 5.16 Å². The molecule has 0 fully saturated rings. The molecule has 86 valence electrons. The van der Waals surface area contributed by atoms with Crippen molar-refractivity contribution in [2.75, 3.05) is 0 Å². The van der Waals surface area contributed by atoms with Gasteiger partial charge in [0.2, 0.25) is 5.82 Å². The van der Waals surface area contributed by atoms with Crippen molar-refractivity contribution < 1.29 is 8.94 Å². The van der Waals surface area contributed by atoms with Gasteiger partial charge in [-0.3, -0.25) is 5.10 Å². The van der Waals surface area contributed by atoms with Crippen LogP contribution < -0.4 is 0 Å². The van der Waals surface area contributed by atoms with Gasteiger partial charge in [-0.2, -0.15) is 10.1 Å². The van der Waals surface area contributed by atoms with Crippen LogP contribution in [-0.4, -0.2) is 25.3 Å². The van der Waals surface area contributed by atoms with E-state index in [2.05, 4.69) is 25.3 Å². The minimum Gasteiger partial charge on any atom is -0.466 e. The minimum atomic E-state index is 0.371. The van der Waals surface area contributed by atoms with E-state index in [0.29, 0.717) is 17.5 Å². The molecule has 0 aromatic carbocycles. The number of hydrogen-bond acceptors (Lipinski definition) is 6. The quantitative estimate of drug-likeness (QED) is 0.721. The number of aromatic nitrogens is 5. The van der Waals surface area contributed by atoms with Gasteiger partial charge in [-0.15, -0.1) is 0 Å². The number of nitrogens with zero attached hydrogens (tertiary/aromatic N) is 4. The van der Waals surface area contributed by atoms with Crippen molar-refractivity contribution in [1.82, 2.24) is 25.3 Å². The SMILES string of the molecule is Cc1cc(-c2nc(-c3ncn[nH]3)no2)c(C)o1. The Hall–Kier alpha value is -2.44. The Morgan fingerprint density at radius 2 is 2.18 bits per heavy atom. The maximum absolute atomic E-state index is 5.41. The van der Waals surface area contributed by atoms with Crippen molar-refractivity contribution in [1.29, 1.82) is 0 Å². The summed E-state index contributed by atoms with van der Waals surface area (Å²) in [7, 11) is 0. The topological polar surface area (TPSA) is 93.6 Å². The summed E-state index contributed by atoms with van der Waals surface area (Å²) in [6.07, 6.45) is 1.39. The smallest absolute Gasteiger partial charge is 0.261 e. The predicted octanol–water partition coefficient (Wildman–Crippen LogP) is 1.73. The zero-order valence-corrected chi connectivity index (χ0v) is 9.26. The highest BCUT2D eigenvalue weighted by atomic mass is 16.5. The van der Waals surface area contributed by atoms with Gasteiger partial charge in [0.15, 0.2) is 5.82 Å². The standard InChI is InChI=1S/C10H9N5O2/c1-5-3-7(6(2)16-5)10-13-9(15-17-10)8-11-4-12-14-8/h3-4H,1-2H3,(H,11,12,14). The summed E-state index contributed by atoms with van der Waals surface area (Å²) in [6, 6.07) is 1.85. The fourth-order valence-electron chi connectivity index (χ4n) is 1.59. The molecule has 0 unspecified atom stereocenters. The van der Waals surface area contributed by atoms with Gasteiger partial charge in [-0.25, -0.2) is 4.98 Å². The highest BCUT2D eigenvalue weighted by molar-refractivity contribution is 5.58. The van der Waals surface area contributed by atoms with E-state index in [1.54, 1.807) is 0 Å². The van der Waals surface area contributed by atoms with Crippen molar-refractivity contribution in [3.8, 4) is 23.1 Å². The van der Waals surface area contributed by atoms with E-state index in [0.717, 1.165) is 17.1 Å². The minimum absolute atomic E-state index is 0.371. The molecule has 0 radical (unpaired) electrons. The first-order valence-electron chi connectivity index (χ1n) is 5.01. The van der Waals surface area contributed by atoms with Crippen LogP contribution in [0.4, 0.5) is 0 Å². The first kappa shape index (κ1) is 9.76. The van der Waals surface area contributed by atoms with Gasteiger partial charge in [-0.05, 0) is 19.9 Å². The summed E-state index contributed by atoms with van der Waals surface area (Å²) >= 11 is 0. The molecule has 0 aliphatic rings. The molecule has 0 amide bonds.